The maximum Gasteiger partial charge on any atom is 0.325 e. The van der Waals surface area contributed by atoms with Crippen molar-refractivity contribution in [2.24, 2.45) is 5.73 Å². The Bertz CT molecular complexity index is 647. The molecule has 0 saturated heterocycles. The molecule has 2 rings (SSSR count). The number of nitrogens with one attached hydrogen (secondary N) is 3. The highest BCUT2D eigenvalue weighted by atomic mass is 32.2. The van der Waals surface area contributed by atoms with Crippen LogP contribution in [0.2, 0.25) is 0 Å². The Morgan fingerprint density at radius 2 is 2.06 bits per heavy atom. The van der Waals surface area contributed by atoms with Crippen molar-refractivity contribution < 1.29 is 8.42 Å². The summed E-state index contributed by atoms with van der Waals surface area (Å²) >= 11 is 0. The summed E-state index contributed by atoms with van der Waals surface area (Å²) in [4.78, 5) is 25.7. The lowest BCUT2D eigenvalue weighted by atomic mass is 10.2. The van der Waals surface area contributed by atoms with E-state index >= 15 is 0 Å². The molecule has 5 N–H and O–H groups in total. The van der Waals surface area contributed by atoms with Gasteiger partial charge in [0, 0.05) is 18.3 Å². The van der Waals surface area contributed by atoms with E-state index in [1.807, 2.05) is 4.98 Å². The van der Waals surface area contributed by atoms with Crippen molar-refractivity contribution in [1.82, 2.24) is 14.7 Å². The predicted octanol–water partition coefficient (Wildman–Crippen LogP) is -1.78. The Morgan fingerprint density at radius 1 is 1.33 bits per heavy atom. The summed E-state index contributed by atoms with van der Waals surface area (Å²) in [6.07, 6.45) is 3.11. The minimum absolute atomic E-state index is 0.249. The van der Waals surface area contributed by atoms with Crippen LogP contribution >= 0.6 is 0 Å². The van der Waals surface area contributed by atoms with Gasteiger partial charge in [-0.2, -0.15) is 0 Å². The van der Waals surface area contributed by atoms with E-state index < -0.39 is 26.2 Å². The van der Waals surface area contributed by atoms with E-state index in [2.05, 4.69) is 9.71 Å². The number of aromatic nitrogens is 2. The molecule has 2 unspecified atom stereocenters. The lowest BCUT2D eigenvalue weighted by Gasteiger charge is -2.16. The van der Waals surface area contributed by atoms with E-state index in [1.165, 1.54) is 0 Å². The van der Waals surface area contributed by atoms with Crippen LogP contribution in [-0.2, 0) is 10.0 Å². The molecule has 1 aliphatic carbocycles. The average Bonchev–Trinajstić information content (AvgIpc) is 2.63. The van der Waals surface area contributed by atoms with Gasteiger partial charge in [0.05, 0.1) is 0 Å². The zero-order valence-corrected chi connectivity index (χ0v) is 10.3. The van der Waals surface area contributed by atoms with E-state index in [0.29, 0.717) is 6.42 Å². The topological polar surface area (TPSA) is 138 Å². The smallest absolute Gasteiger partial charge is 0.325 e. The first-order valence-electron chi connectivity index (χ1n) is 5.50. The summed E-state index contributed by atoms with van der Waals surface area (Å²) in [5.74, 6) is 0. The van der Waals surface area contributed by atoms with Crippen molar-refractivity contribution >= 4 is 10.0 Å². The minimum Gasteiger partial charge on any atom is -0.326 e. The molecule has 100 valence electrons. The second-order valence-corrected chi connectivity index (χ2v) is 5.94. The molecule has 1 fully saturated rings. The average molecular weight is 274 g/mol. The maximum absolute atomic E-state index is 12.0. The third kappa shape index (κ3) is 2.52. The fraction of sp³-hybridized carbons (Fsp3) is 0.556. The summed E-state index contributed by atoms with van der Waals surface area (Å²) in [6, 6.07) is -0.622. The largest absolute Gasteiger partial charge is 0.326 e. The van der Waals surface area contributed by atoms with Crippen LogP contribution in [0.3, 0.4) is 0 Å². The SMILES string of the molecule is NC1CCCC1NS(=O)(=O)c1c[nH]c(=O)[nH]c1=O. The summed E-state index contributed by atoms with van der Waals surface area (Å²) in [5, 5.41) is 0. The number of aromatic amines is 2. The highest BCUT2D eigenvalue weighted by Crippen LogP contribution is 2.18. The number of hydrogen-bond acceptors (Lipinski definition) is 5. The molecule has 1 aliphatic rings. The van der Waals surface area contributed by atoms with Crippen molar-refractivity contribution in [3.05, 3.63) is 27.0 Å². The van der Waals surface area contributed by atoms with Crippen molar-refractivity contribution in [2.45, 2.75) is 36.2 Å². The molecule has 0 aliphatic heterocycles. The van der Waals surface area contributed by atoms with Crippen LogP contribution in [0.4, 0.5) is 0 Å². The number of sulfonamides is 1. The first-order valence-corrected chi connectivity index (χ1v) is 6.98. The summed E-state index contributed by atoms with van der Waals surface area (Å²) in [5.41, 5.74) is 4.06. The Morgan fingerprint density at radius 3 is 2.61 bits per heavy atom. The van der Waals surface area contributed by atoms with E-state index in [-0.39, 0.29) is 12.1 Å². The van der Waals surface area contributed by atoms with Gasteiger partial charge in [-0.3, -0.25) is 9.78 Å². The molecule has 9 heteroatoms. The molecular weight excluding hydrogens is 260 g/mol. The first-order chi connectivity index (χ1) is 8.40. The lowest BCUT2D eigenvalue weighted by Crippen LogP contribution is -2.45. The number of nitrogens with two attached hydrogens (primary N) is 1. The molecule has 2 atom stereocenters. The van der Waals surface area contributed by atoms with Gasteiger partial charge in [0.15, 0.2) is 4.90 Å². The Balaban J connectivity index is 2.31. The van der Waals surface area contributed by atoms with Crippen molar-refractivity contribution in [2.75, 3.05) is 0 Å². The third-order valence-electron chi connectivity index (χ3n) is 2.95. The summed E-state index contributed by atoms with van der Waals surface area (Å²) in [7, 11) is -3.97. The molecule has 0 aromatic carbocycles. The first kappa shape index (κ1) is 13.0. The van der Waals surface area contributed by atoms with E-state index in [1.54, 1.807) is 0 Å². The molecule has 18 heavy (non-hydrogen) atoms. The highest BCUT2D eigenvalue weighted by Gasteiger charge is 2.30. The maximum atomic E-state index is 12.0. The molecule has 0 amide bonds. The molecule has 1 saturated carbocycles. The molecule has 1 aromatic heterocycles. The lowest BCUT2D eigenvalue weighted by molar-refractivity contribution is 0.521. The van der Waals surface area contributed by atoms with Gasteiger partial charge in [-0.05, 0) is 12.8 Å². The Labute approximate surface area is 103 Å². The normalized spacial score (nSPS) is 24.3. The number of hydrogen-bond donors (Lipinski definition) is 4. The van der Waals surface area contributed by atoms with Crippen LogP contribution in [0, 0.1) is 0 Å². The van der Waals surface area contributed by atoms with Crippen molar-refractivity contribution in [3.63, 3.8) is 0 Å². The minimum atomic E-state index is -3.97. The van der Waals surface area contributed by atoms with Crippen LogP contribution < -0.4 is 21.7 Å². The second kappa shape index (κ2) is 4.67. The fourth-order valence-corrected chi connectivity index (χ4v) is 3.32. The van der Waals surface area contributed by atoms with E-state index in [4.69, 9.17) is 5.73 Å². The standard InChI is InChI=1S/C9H14N4O4S/c10-5-2-1-3-6(5)13-18(16,17)7-4-11-9(15)12-8(7)14/h4-6,13H,1-3,10H2,(H2,11,12,14,15). The van der Waals surface area contributed by atoms with Crippen LogP contribution in [0.5, 0.6) is 0 Å². The van der Waals surface area contributed by atoms with E-state index in [9.17, 15) is 18.0 Å². The van der Waals surface area contributed by atoms with Crippen molar-refractivity contribution in [3.8, 4) is 0 Å². The third-order valence-corrected chi connectivity index (χ3v) is 4.45. The predicted molar refractivity (Wildman–Crippen MR) is 63.6 cm³/mol. The number of rotatable bonds is 3. The van der Waals surface area contributed by atoms with Gasteiger partial charge in [-0.15, -0.1) is 0 Å². The molecule has 0 radical (unpaired) electrons. The highest BCUT2D eigenvalue weighted by molar-refractivity contribution is 7.89. The number of H-pyrrole nitrogens is 2. The van der Waals surface area contributed by atoms with Gasteiger partial charge < -0.3 is 10.7 Å². The Hall–Kier alpha value is -1.45. The summed E-state index contributed by atoms with van der Waals surface area (Å²) in [6.45, 7) is 0. The van der Waals surface area contributed by atoms with Crippen molar-refractivity contribution in [1.29, 1.82) is 0 Å². The van der Waals surface area contributed by atoms with Gasteiger partial charge in [-0.1, -0.05) is 6.42 Å². The molecule has 8 nitrogen and oxygen atoms in total. The molecule has 1 heterocycles. The van der Waals surface area contributed by atoms with Gasteiger partial charge in [-0.25, -0.2) is 17.9 Å². The molecule has 0 bridgehead atoms. The van der Waals surface area contributed by atoms with Gasteiger partial charge in [0.25, 0.3) is 5.56 Å². The van der Waals surface area contributed by atoms with Gasteiger partial charge in [0.1, 0.15) is 0 Å². The molecular formula is C9H14N4O4S. The molecule has 0 spiro atoms. The van der Waals surface area contributed by atoms with Crippen LogP contribution in [0.25, 0.3) is 0 Å². The van der Waals surface area contributed by atoms with Crippen LogP contribution in [-0.4, -0.2) is 30.5 Å². The zero-order valence-electron chi connectivity index (χ0n) is 9.47. The van der Waals surface area contributed by atoms with Crippen LogP contribution in [0.1, 0.15) is 19.3 Å². The van der Waals surface area contributed by atoms with Crippen LogP contribution in [0.15, 0.2) is 20.7 Å². The van der Waals surface area contributed by atoms with Gasteiger partial charge in [0.2, 0.25) is 10.0 Å². The Kier molecular flexibility index (Phi) is 3.37. The fourth-order valence-electron chi connectivity index (χ4n) is 1.99. The quantitative estimate of drug-likeness (QED) is 0.516. The molecule has 1 aromatic rings. The monoisotopic (exact) mass is 274 g/mol. The summed E-state index contributed by atoms with van der Waals surface area (Å²) < 4.78 is 26.3. The zero-order chi connectivity index (χ0) is 13.3. The van der Waals surface area contributed by atoms with E-state index in [0.717, 1.165) is 19.0 Å². The second-order valence-electron chi connectivity index (χ2n) is 4.26. The van der Waals surface area contributed by atoms with Gasteiger partial charge >= 0.3 is 5.69 Å².